The summed E-state index contributed by atoms with van der Waals surface area (Å²) < 4.78 is 35.6. The standard InChI is InChI=1S/C22H19Cl2NO4S/c1-3-28-18-8-6-17(7-9-18)25-14-16-12-20(23)22(21(24)13-16)29-30(26,27)19-10-4-15(2)5-11-19/h4-14H,3H2,1-2H3. The van der Waals surface area contributed by atoms with Crippen molar-refractivity contribution < 1.29 is 17.3 Å². The quantitative estimate of drug-likeness (QED) is 0.308. The van der Waals surface area contributed by atoms with Crippen LogP contribution in [0.15, 0.2) is 70.6 Å². The zero-order valence-electron chi connectivity index (χ0n) is 16.3. The van der Waals surface area contributed by atoms with Crippen molar-refractivity contribution in [2.45, 2.75) is 18.7 Å². The largest absolute Gasteiger partial charge is 0.494 e. The molecule has 0 atom stereocenters. The zero-order valence-corrected chi connectivity index (χ0v) is 18.6. The molecule has 0 aliphatic rings. The van der Waals surface area contributed by atoms with Gasteiger partial charge in [-0.2, -0.15) is 8.42 Å². The van der Waals surface area contributed by atoms with Crippen LogP contribution in [0.2, 0.25) is 10.0 Å². The van der Waals surface area contributed by atoms with E-state index in [2.05, 4.69) is 4.99 Å². The lowest BCUT2D eigenvalue weighted by Gasteiger charge is -2.11. The van der Waals surface area contributed by atoms with Crippen LogP contribution in [0.4, 0.5) is 5.69 Å². The number of aryl methyl sites for hydroxylation is 1. The van der Waals surface area contributed by atoms with Crippen molar-refractivity contribution in [2.75, 3.05) is 6.61 Å². The van der Waals surface area contributed by atoms with E-state index in [0.29, 0.717) is 17.9 Å². The van der Waals surface area contributed by atoms with Gasteiger partial charge in [0.15, 0.2) is 5.75 Å². The van der Waals surface area contributed by atoms with Gasteiger partial charge in [0.05, 0.1) is 22.3 Å². The van der Waals surface area contributed by atoms with Crippen molar-refractivity contribution in [3.05, 3.63) is 81.8 Å². The third-order valence-electron chi connectivity index (χ3n) is 4.03. The number of ether oxygens (including phenoxy) is 1. The van der Waals surface area contributed by atoms with Gasteiger partial charge in [0.2, 0.25) is 0 Å². The minimum atomic E-state index is -4.07. The average Bonchev–Trinajstić information content (AvgIpc) is 2.71. The second kappa shape index (κ2) is 9.51. The van der Waals surface area contributed by atoms with Crippen LogP contribution in [0.5, 0.6) is 11.5 Å². The predicted molar refractivity (Wildman–Crippen MR) is 120 cm³/mol. The van der Waals surface area contributed by atoms with Gasteiger partial charge in [0.1, 0.15) is 10.6 Å². The van der Waals surface area contributed by atoms with Gasteiger partial charge < -0.3 is 8.92 Å². The maximum Gasteiger partial charge on any atom is 0.339 e. The van der Waals surface area contributed by atoms with Crippen LogP contribution in [-0.2, 0) is 10.1 Å². The summed E-state index contributed by atoms with van der Waals surface area (Å²) in [5.74, 6) is 0.635. The van der Waals surface area contributed by atoms with Crippen molar-refractivity contribution in [2.24, 2.45) is 4.99 Å². The van der Waals surface area contributed by atoms with Gasteiger partial charge in [0, 0.05) is 6.21 Å². The van der Waals surface area contributed by atoms with Crippen molar-refractivity contribution >= 4 is 45.2 Å². The number of nitrogens with zero attached hydrogens (tertiary/aromatic N) is 1. The first kappa shape index (κ1) is 22.2. The lowest BCUT2D eigenvalue weighted by atomic mass is 10.2. The van der Waals surface area contributed by atoms with E-state index in [1.807, 2.05) is 38.1 Å². The first-order chi connectivity index (χ1) is 14.3. The summed E-state index contributed by atoms with van der Waals surface area (Å²) in [6.45, 7) is 4.37. The summed E-state index contributed by atoms with van der Waals surface area (Å²) in [6.07, 6.45) is 1.58. The first-order valence-corrected chi connectivity index (χ1v) is 11.2. The first-order valence-electron chi connectivity index (χ1n) is 9.05. The Bertz CT molecular complexity index is 1140. The second-order valence-electron chi connectivity index (χ2n) is 6.35. The Kier molecular flexibility index (Phi) is 7.02. The molecule has 0 fully saturated rings. The Morgan fingerprint density at radius 2 is 1.57 bits per heavy atom. The highest BCUT2D eigenvalue weighted by Gasteiger charge is 2.20. The van der Waals surface area contributed by atoms with E-state index in [4.69, 9.17) is 32.1 Å². The molecule has 0 N–H and O–H groups in total. The molecule has 3 rings (SSSR count). The topological polar surface area (TPSA) is 65.0 Å². The van der Waals surface area contributed by atoms with Crippen molar-refractivity contribution in [1.82, 2.24) is 0 Å². The van der Waals surface area contributed by atoms with Crippen LogP contribution < -0.4 is 8.92 Å². The van der Waals surface area contributed by atoms with Crippen molar-refractivity contribution in [3.63, 3.8) is 0 Å². The monoisotopic (exact) mass is 463 g/mol. The molecule has 0 radical (unpaired) electrons. The van der Waals surface area contributed by atoms with Gasteiger partial charge in [-0.3, -0.25) is 4.99 Å². The molecule has 0 aromatic heterocycles. The van der Waals surface area contributed by atoms with Crippen LogP contribution in [-0.4, -0.2) is 21.2 Å². The Balaban J connectivity index is 1.80. The molecule has 0 aliphatic carbocycles. The van der Waals surface area contributed by atoms with Crippen LogP contribution in [0.25, 0.3) is 0 Å². The van der Waals surface area contributed by atoms with E-state index in [1.165, 1.54) is 24.3 Å². The molecule has 0 saturated heterocycles. The molecule has 0 unspecified atom stereocenters. The molecule has 30 heavy (non-hydrogen) atoms. The lowest BCUT2D eigenvalue weighted by Crippen LogP contribution is -2.10. The number of hydrogen-bond donors (Lipinski definition) is 0. The van der Waals surface area contributed by atoms with Crippen molar-refractivity contribution in [3.8, 4) is 11.5 Å². The van der Waals surface area contributed by atoms with Gasteiger partial charge in [0.25, 0.3) is 0 Å². The maximum atomic E-state index is 12.5. The second-order valence-corrected chi connectivity index (χ2v) is 8.71. The fraction of sp³-hybridized carbons (Fsp3) is 0.136. The Morgan fingerprint density at radius 1 is 0.967 bits per heavy atom. The van der Waals surface area contributed by atoms with E-state index in [9.17, 15) is 8.42 Å². The predicted octanol–water partition coefficient (Wildman–Crippen LogP) is 6.22. The molecular formula is C22H19Cl2NO4S. The van der Waals surface area contributed by atoms with E-state index in [0.717, 1.165) is 11.3 Å². The summed E-state index contributed by atoms with van der Waals surface area (Å²) in [5, 5.41) is 0.123. The fourth-order valence-electron chi connectivity index (χ4n) is 2.54. The maximum absolute atomic E-state index is 12.5. The highest BCUT2D eigenvalue weighted by Crippen LogP contribution is 2.36. The van der Waals surface area contributed by atoms with Gasteiger partial charge >= 0.3 is 10.1 Å². The SMILES string of the molecule is CCOc1ccc(N=Cc2cc(Cl)c(OS(=O)(=O)c3ccc(C)cc3)c(Cl)c2)cc1. The molecule has 5 nitrogen and oxygen atoms in total. The molecule has 0 bridgehead atoms. The van der Waals surface area contributed by atoms with Crippen molar-refractivity contribution in [1.29, 1.82) is 0 Å². The van der Waals surface area contributed by atoms with Crippen LogP contribution in [0.3, 0.4) is 0 Å². The van der Waals surface area contributed by atoms with E-state index in [1.54, 1.807) is 18.3 Å². The molecule has 0 aliphatic heterocycles. The highest BCUT2D eigenvalue weighted by atomic mass is 35.5. The van der Waals surface area contributed by atoms with Gasteiger partial charge in [-0.1, -0.05) is 40.9 Å². The van der Waals surface area contributed by atoms with E-state index in [-0.39, 0.29) is 20.7 Å². The average molecular weight is 464 g/mol. The Hall–Kier alpha value is -2.54. The minimum absolute atomic E-state index is 0.0152. The Labute approximate surface area is 186 Å². The third kappa shape index (κ3) is 5.53. The summed E-state index contributed by atoms with van der Waals surface area (Å²) in [6, 6.07) is 16.6. The summed E-state index contributed by atoms with van der Waals surface area (Å²) in [5.41, 5.74) is 2.24. The smallest absolute Gasteiger partial charge is 0.339 e. The molecule has 0 spiro atoms. The number of rotatable bonds is 7. The van der Waals surface area contributed by atoms with E-state index >= 15 is 0 Å². The fourth-order valence-corrected chi connectivity index (χ4v) is 4.18. The molecule has 156 valence electrons. The normalized spacial score (nSPS) is 11.6. The molecule has 0 saturated carbocycles. The van der Waals surface area contributed by atoms with Gasteiger partial charge in [-0.25, -0.2) is 0 Å². The lowest BCUT2D eigenvalue weighted by molar-refractivity contribution is 0.340. The molecule has 3 aromatic rings. The number of hydrogen-bond acceptors (Lipinski definition) is 5. The van der Waals surface area contributed by atoms with Crippen LogP contribution in [0, 0.1) is 6.92 Å². The molecule has 0 amide bonds. The van der Waals surface area contributed by atoms with Gasteiger partial charge in [-0.05, 0) is 67.9 Å². The number of aliphatic imine (C=N–C) groups is 1. The molecule has 8 heteroatoms. The van der Waals surface area contributed by atoms with Crippen LogP contribution >= 0.6 is 23.2 Å². The Morgan fingerprint density at radius 3 is 2.13 bits per heavy atom. The van der Waals surface area contributed by atoms with E-state index < -0.39 is 10.1 Å². The highest BCUT2D eigenvalue weighted by molar-refractivity contribution is 7.87. The summed E-state index contributed by atoms with van der Waals surface area (Å²) >= 11 is 12.5. The number of benzene rings is 3. The van der Waals surface area contributed by atoms with Crippen LogP contribution in [0.1, 0.15) is 18.1 Å². The molecular weight excluding hydrogens is 445 g/mol. The minimum Gasteiger partial charge on any atom is -0.494 e. The summed E-state index contributed by atoms with van der Waals surface area (Å²) in [4.78, 5) is 4.38. The third-order valence-corrected chi connectivity index (χ3v) is 5.83. The number of halogens is 2. The van der Waals surface area contributed by atoms with Gasteiger partial charge in [-0.15, -0.1) is 0 Å². The zero-order chi connectivity index (χ0) is 21.7. The summed E-state index contributed by atoms with van der Waals surface area (Å²) in [7, 11) is -4.07. The molecule has 0 heterocycles. The molecule has 3 aromatic carbocycles.